The summed E-state index contributed by atoms with van der Waals surface area (Å²) in [5.41, 5.74) is 7.63. The first-order chi connectivity index (χ1) is 10.0. The lowest BCUT2D eigenvalue weighted by Crippen LogP contribution is -2.11. The third-order valence-corrected chi connectivity index (χ3v) is 3.75. The van der Waals surface area contributed by atoms with E-state index in [0.29, 0.717) is 22.7 Å². The van der Waals surface area contributed by atoms with Gasteiger partial charge in [0.1, 0.15) is 6.07 Å². The Hall–Kier alpha value is -2.03. The van der Waals surface area contributed by atoms with Gasteiger partial charge in [0.15, 0.2) is 0 Å². The lowest BCUT2D eigenvalue weighted by atomic mass is 10.1. The average Bonchev–Trinajstić information content (AvgIpc) is 2.46. The number of hydrogen-bond donors (Lipinski definition) is 2. The van der Waals surface area contributed by atoms with Crippen molar-refractivity contribution in [2.75, 3.05) is 5.32 Å². The molecule has 2 aromatic carbocycles. The van der Waals surface area contributed by atoms with Gasteiger partial charge in [-0.15, -0.1) is 0 Å². The minimum absolute atomic E-state index is 0.366. The molecule has 106 valence electrons. The minimum atomic E-state index is -0.518. The highest BCUT2D eigenvalue weighted by molar-refractivity contribution is 9.10. The van der Waals surface area contributed by atoms with Gasteiger partial charge in [-0.1, -0.05) is 33.6 Å². The van der Waals surface area contributed by atoms with E-state index in [-0.39, 0.29) is 0 Å². The Kier molecular flexibility index (Phi) is 4.84. The molecule has 0 aliphatic carbocycles. The lowest BCUT2D eigenvalue weighted by molar-refractivity contribution is 0.100. The van der Waals surface area contributed by atoms with Gasteiger partial charge in [0.25, 0.3) is 0 Å². The topological polar surface area (TPSA) is 78.9 Å². The maximum absolute atomic E-state index is 11.1. The van der Waals surface area contributed by atoms with Crippen LogP contribution >= 0.6 is 27.5 Å². The molecule has 4 nitrogen and oxygen atoms in total. The first-order valence-electron chi connectivity index (χ1n) is 6.03. The fourth-order valence-corrected chi connectivity index (χ4v) is 2.41. The minimum Gasteiger partial charge on any atom is -0.380 e. The van der Waals surface area contributed by atoms with Crippen LogP contribution in [0.3, 0.4) is 0 Å². The molecule has 2 rings (SSSR count). The molecule has 0 fully saturated rings. The van der Waals surface area contributed by atoms with Crippen molar-refractivity contribution in [3.05, 3.63) is 62.6 Å². The van der Waals surface area contributed by atoms with Gasteiger partial charge in [-0.2, -0.15) is 5.26 Å². The Morgan fingerprint density at radius 3 is 2.71 bits per heavy atom. The Bertz CT molecular complexity index is 740. The van der Waals surface area contributed by atoms with Crippen molar-refractivity contribution in [1.29, 1.82) is 5.26 Å². The maximum Gasteiger partial charge on any atom is 0.248 e. The summed E-state index contributed by atoms with van der Waals surface area (Å²) in [6.45, 7) is 0.439. The van der Waals surface area contributed by atoms with Gasteiger partial charge < -0.3 is 11.1 Å². The van der Waals surface area contributed by atoms with Gasteiger partial charge in [-0.25, -0.2) is 0 Å². The zero-order valence-corrected chi connectivity index (χ0v) is 13.2. The highest BCUT2D eigenvalue weighted by atomic mass is 79.9. The molecule has 0 aliphatic heterocycles. The summed E-state index contributed by atoms with van der Waals surface area (Å²) in [7, 11) is 0. The number of halogens is 2. The quantitative estimate of drug-likeness (QED) is 0.868. The van der Waals surface area contributed by atoms with E-state index in [1.54, 1.807) is 18.2 Å². The Morgan fingerprint density at radius 2 is 2.10 bits per heavy atom. The maximum atomic E-state index is 11.1. The summed E-state index contributed by atoms with van der Waals surface area (Å²) >= 11 is 9.44. The van der Waals surface area contributed by atoms with Crippen LogP contribution in [-0.2, 0) is 6.54 Å². The van der Waals surface area contributed by atoms with Crippen LogP contribution in [0, 0.1) is 11.3 Å². The lowest BCUT2D eigenvalue weighted by Gasteiger charge is -2.10. The molecule has 0 spiro atoms. The molecule has 0 atom stereocenters. The normalized spacial score (nSPS) is 9.95. The number of amides is 1. The molecule has 0 saturated carbocycles. The molecule has 3 N–H and O–H groups in total. The van der Waals surface area contributed by atoms with Crippen molar-refractivity contribution < 1.29 is 4.79 Å². The number of rotatable bonds is 4. The van der Waals surface area contributed by atoms with Crippen molar-refractivity contribution in [1.82, 2.24) is 0 Å². The zero-order chi connectivity index (χ0) is 15.4. The van der Waals surface area contributed by atoms with Gasteiger partial charge in [0.2, 0.25) is 5.91 Å². The molecule has 6 heteroatoms. The summed E-state index contributed by atoms with van der Waals surface area (Å²) < 4.78 is 0.841. The number of primary amides is 1. The number of anilines is 1. The zero-order valence-electron chi connectivity index (χ0n) is 10.9. The van der Waals surface area contributed by atoms with Gasteiger partial charge >= 0.3 is 0 Å². The van der Waals surface area contributed by atoms with E-state index in [4.69, 9.17) is 22.6 Å². The number of benzene rings is 2. The monoisotopic (exact) mass is 363 g/mol. The number of nitrogens with zero attached hydrogens (tertiary/aromatic N) is 1. The van der Waals surface area contributed by atoms with Crippen molar-refractivity contribution in [3.8, 4) is 6.07 Å². The molecular formula is C15H11BrClN3O. The molecule has 0 radical (unpaired) electrons. The Labute approximate surface area is 135 Å². The highest BCUT2D eigenvalue weighted by Gasteiger charge is 2.07. The van der Waals surface area contributed by atoms with Crippen LogP contribution < -0.4 is 11.1 Å². The third kappa shape index (κ3) is 3.75. The third-order valence-electron chi connectivity index (χ3n) is 2.91. The number of carbonyl (C=O) groups is 1. The van der Waals surface area contributed by atoms with Gasteiger partial charge in [0.05, 0.1) is 11.3 Å². The molecule has 0 bridgehead atoms. The number of carbonyl (C=O) groups excluding carboxylic acids is 1. The molecule has 0 aromatic heterocycles. The van der Waals surface area contributed by atoms with Crippen molar-refractivity contribution in [2.24, 2.45) is 5.73 Å². The van der Waals surface area contributed by atoms with E-state index in [1.165, 1.54) is 6.07 Å². The SMILES string of the molecule is N#Cc1cc(Br)ccc1NCc1ccc(C(N)=O)cc1Cl. The highest BCUT2D eigenvalue weighted by Crippen LogP contribution is 2.23. The van der Waals surface area contributed by atoms with Crippen LogP contribution in [0.15, 0.2) is 40.9 Å². The molecule has 0 saturated heterocycles. The van der Waals surface area contributed by atoms with E-state index >= 15 is 0 Å². The second-order valence-electron chi connectivity index (χ2n) is 4.33. The predicted octanol–water partition coefficient (Wildman–Crippen LogP) is 3.69. The number of nitrogens with two attached hydrogens (primary N) is 1. The van der Waals surface area contributed by atoms with Crippen LogP contribution in [0.1, 0.15) is 21.5 Å². The smallest absolute Gasteiger partial charge is 0.248 e. The van der Waals surface area contributed by atoms with E-state index in [0.717, 1.165) is 15.7 Å². The summed E-state index contributed by atoms with van der Waals surface area (Å²) in [4.78, 5) is 11.1. The molecule has 1 amide bonds. The average molecular weight is 365 g/mol. The largest absolute Gasteiger partial charge is 0.380 e. The summed E-state index contributed by atoms with van der Waals surface area (Å²) in [6.07, 6.45) is 0. The number of hydrogen-bond acceptors (Lipinski definition) is 3. The Morgan fingerprint density at radius 1 is 1.33 bits per heavy atom. The standard InChI is InChI=1S/C15H11BrClN3O/c16-12-3-4-14(11(5-12)7-18)20-8-10-2-1-9(15(19)21)6-13(10)17/h1-6,20H,8H2,(H2,19,21). The predicted molar refractivity (Wildman–Crippen MR) is 86.2 cm³/mol. The number of nitriles is 1. The van der Waals surface area contributed by atoms with E-state index in [1.807, 2.05) is 12.1 Å². The second kappa shape index (κ2) is 6.61. The fraction of sp³-hybridized carbons (Fsp3) is 0.0667. The van der Waals surface area contributed by atoms with Crippen LogP contribution in [0.2, 0.25) is 5.02 Å². The van der Waals surface area contributed by atoms with Crippen LogP contribution in [-0.4, -0.2) is 5.91 Å². The van der Waals surface area contributed by atoms with Crippen molar-refractivity contribution in [3.63, 3.8) is 0 Å². The van der Waals surface area contributed by atoms with E-state index in [9.17, 15) is 4.79 Å². The van der Waals surface area contributed by atoms with Gasteiger partial charge in [0, 0.05) is 21.6 Å². The first-order valence-corrected chi connectivity index (χ1v) is 7.20. The van der Waals surface area contributed by atoms with Gasteiger partial charge in [-0.3, -0.25) is 4.79 Å². The van der Waals surface area contributed by atoms with Crippen LogP contribution in [0.5, 0.6) is 0 Å². The molecule has 0 aliphatic rings. The molecular weight excluding hydrogens is 354 g/mol. The molecule has 0 unspecified atom stereocenters. The summed E-state index contributed by atoms with van der Waals surface area (Å²) in [5.74, 6) is -0.518. The molecule has 2 aromatic rings. The molecule has 0 heterocycles. The summed E-state index contributed by atoms with van der Waals surface area (Å²) in [6, 6.07) is 12.4. The van der Waals surface area contributed by atoms with Crippen molar-refractivity contribution in [2.45, 2.75) is 6.54 Å². The van der Waals surface area contributed by atoms with Crippen molar-refractivity contribution >= 4 is 39.1 Å². The van der Waals surface area contributed by atoms with E-state index < -0.39 is 5.91 Å². The van der Waals surface area contributed by atoms with Crippen LogP contribution in [0.25, 0.3) is 0 Å². The fourth-order valence-electron chi connectivity index (χ4n) is 1.80. The van der Waals surface area contributed by atoms with E-state index in [2.05, 4.69) is 27.3 Å². The second-order valence-corrected chi connectivity index (χ2v) is 5.65. The summed E-state index contributed by atoms with van der Waals surface area (Å²) in [5, 5.41) is 12.7. The molecule has 21 heavy (non-hydrogen) atoms. The van der Waals surface area contributed by atoms with Crippen LogP contribution in [0.4, 0.5) is 5.69 Å². The Balaban J connectivity index is 2.17. The number of nitrogens with one attached hydrogen (secondary N) is 1. The van der Waals surface area contributed by atoms with Gasteiger partial charge in [-0.05, 0) is 35.9 Å². The first kappa shape index (κ1) is 15.4.